The largest absolute Gasteiger partial charge is 0.494 e. The minimum absolute atomic E-state index is 0.295. The molecule has 0 aliphatic heterocycles. The molecule has 5 nitrogen and oxygen atoms in total. The zero-order chi connectivity index (χ0) is 16.5. The molecule has 0 unspecified atom stereocenters. The maximum Gasteiger partial charge on any atom is 0.319 e. The molecule has 0 atom stereocenters. The molecule has 23 heavy (non-hydrogen) atoms. The van der Waals surface area contributed by atoms with Crippen molar-refractivity contribution in [3.05, 3.63) is 53.6 Å². The summed E-state index contributed by atoms with van der Waals surface area (Å²) in [5, 5.41) is 5.99. The van der Waals surface area contributed by atoms with Crippen molar-refractivity contribution in [3.63, 3.8) is 0 Å². The van der Waals surface area contributed by atoms with Gasteiger partial charge < -0.3 is 20.1 Å². The number of nitrogens with one attached hydrogen (secondary N) is 2. The predicted molar refractivity (Wildman–Crippen MR) is 91.6 cm³/mol. The summed E-state index contributed by atoms with van der Waals surface area (Å²) in [6.07, 6.45) is 0. The van der Waals surface area contributed by atoms with Crippen LogP contribution in [0.2, 0.25) is 5.02 Å². The number of amides is 2. The maximum atomic E-state index is 11.8. The van der Waals surface area contributed by atoms with Crippen LogP contribution in [0.4, 0.5) is 10.5 Å². The molecule has 0 saturated carbocycles. The van der Waals surface area contributed by atoms with Crippen LogP contribution in [0.5, 0.6) is 11.5 Å². The van der Waals surface area contributed by atoms with E-state index < -0.39 is 0 Å². The summed E-state index contributed by atoms with van der Waals surface area (Å²) in [6.45, 7) is 3.23. The average molecular weight is 335 g/mol. The lowest BCUT2D eigenvalue weighted by Crippen LogP contribution is -2.32. The van der Waals surface area contributed by atoms with Gasteiger partial charge >= 0.3 is 6.03 Å². The van der Waals surface area contributed by atoms with Crippen LogP contribution in [0, 0.1) is 0 Å². The molecule has 0 radical (unpaired) electrons. The topological polar surface area (TPSA) is 59.6 Å². The molecule has 122 valence electrons. The maximum absolute atomic E-state index is 11.8. The second kappa shape index (κ2) is 8.90. The predicted octanol–water partition coefficient (Wildman–Crippen LogP) is 3.94. The molecule has 0 aromatic heterocycles. The van der Waals surface area contributed by atoms with Gasteiger partial charge in [-0.15, -0.1) is 0 Å². The highest BCUT2D eigenvalue weighted by atomic mass is 35.5. The molecule has 2 aromatic carbocycles. The van der Waals surface area contributed by atoms with Crippen LogP contribution < -0.4 is 20.1 Å². The third-order valence-electron chi connectivity index (χ3n) is 2.91. The third-order valence-corrected chi connectivity index (χ3v) is 3.22. The van der Waals surface area contributed by atoms with Gasteiger partial charge in [0.2, 0.25) is 0 Å². The van der Waals surface area contributed by atoms with Gasteiger partial charge in [-0.25, -0.2) is 4.79 Å². The van der Waals surface area contributed by atoms with Crippen LogP contribution in [0.25, 0.3) is 0 Å². The van der Waals surface area contributed by atoms with Crippen LogP contribution in [-0.4, -0.2) is 25.8 Å². The molecule has 2 aromatic rings. The first-order valence-electron chi connectivity index (χ1n) is 7.34. The van der Waals surface area contributed by atoms with Crippen molar-refractivity contribution in [1.82, 2.24) is 5.32 Å². The van der Waals surface area contributed by atoms with E-state index in [0.29, 0.717) is 36.2 Å². The van der Waals surface area contributed by atoms with Gasteiger partial charge in [0.05, 0.1) is 18.2 Å². The summed E-state index contributed by atoms with van der Waals surface area (Å²) >= 11 is 5.97. The number of ether oxygens (including phenoxy) is 2. The first kappa shape index (κ1) is 17.0. The van der Waals surface area contributed by atoms with E-state index in [4.69, 9.17) is 21.1 Å². The van der Waals surface area contributed by atoms with Gasteiger partial charge in [-0.05, 0) is 43.3 Å². The Balaban J connectivity index is 1.70. The minimum atomic E-state index is -0.295. The van der Waals surface area contributed by atoms with Crippen molar-refractivity contribution in [3.8, 4) is 11.5 Å². The van der Waals surface area contributed by atoms with E-state index >= 15 is 0 Å². The first-order chi connectivity index (χ1) is 11.2. The molecule has 0 aliphatic rings. The Labute approximate surface area is 140 Å². The number of benzene rings is 2. The summed E-state index contributed by atoms with van der Waals surface area (Å²) < 4.78 is 10.8. The summed E-state index contributed by atoms with van der Waals surface area (Å²) in [5.41, 5.74) is 0.693. The van der Waals surface area contributed by atoms with Gasteiger partial charge in [-0.1, -0.05) is 23.7 Å². The van der Waals surface area contributed by atoms with E-state index in [1.54, 1.807) is 36.4 Å². The smallest absolute Gasteiger partial charge is 0.319 e. The van der Waals surface area contributed by atoms with Crippen LogP contribution >= 0.6 is 11.6 Å². The zero-order valence-electron chi connectivity index (χ0n) is 12.8. The normalized spacial score (nSPS) is 10.0. The molecule has 2 amide bonds. The van der Waals surface area contributed by atoms with Crippen molar-refractivity contribution in [2.24, 2.45) is 0 Å². The number of hydrogen-bond acceptors (Lipinski definition) is 3. The molecular weight excluding hydrogens is 316 g/mol. The van der Waals surface area contributed by atoms with Gasteiger partial charge in [0.1, 0.15) is 18.1 Å². The van der Waals surface area contributed by atoms with Crippen LogP contribution in [-0.2, 0) is 0 Å². The van der Waals surface area contributed by atoms with Crippen LogP contribution in [0.1, 0.15) is 6.92 Å². The summed E-state index contributed by atoms with van der Waals surface area (Å²) in [5.74, 6) is 1.37. The molecule has 0 heterocycles. The van der Waals surface area contributed by atoms with Crippen molar-refractivity contribution in [2.45, 2.75) is 6.92 Å². The molecule has 2 rings (SSSR count). The number of carbonyl (C=O) groups is 1. The summed E-state index contributed by atoms with van der Waals surface area (Å²) in [6, 6.07) is 14.1. The Morgan fingerprint density at radius 2 is 1.83 bits per heavy atom. The minimum Gasteiger partial charge on any atom is -0.494 e. The van der Waals surface area contributed by atoms with Crippen LogP contribution in [0.3, 0.4) is 0 Å². The lowest BCUT2D eigenvalue weighted by molar-refractivity contribution is 0.247. The fourth-order valence-electron chi connectivity index (χ4n) is 1.86. The fraction of sp³-hybridized carbons (Fsp3) is 0.235. The van der Waals surface area contributed by atoms with Crippen LogP contribution in [0.15, 0.2) is 48.5 Å². The van der Waals surface area contributed by atoms with Gasteiger partial charge in [0, 0.05) is 5.69 Å². The molecule has 0 fully saturated rings. The Bertz CT molecular complexity index is 632. The number of urea groups is 1. The molecule has 0 aliphatic carbocycles. The molecule has 0 bridgehead atoms. The quantitative estimate of drug-likeness (QED) is 0.754. The second-order valence-electron chi connectivity index (χ2n) is 4.62. The van der Waals surface area contributed by atoms with Crippen molar-refractivity contribution in [2.75, 3.05) is 25.1 Å². The molecule has 0 spiro atoms. The standard InChI is InChI=1S/C17H19ClN2O3/c1-2-22-14-9-7-13(8-10-14)20-17(21)19-11-12-23-16-6-4-3-5-15(16)18/h3-10H,2,11-12H2,1H3,(H2,19,20,21). The van der Waals surface area contributed by atoms with E-state index in [2.05, 4.69) is 10.6 Å². The monoisotopic (exact) mass is 334 g/mol. The van der Waals surface area contributed by atoms with E-state index in [-0.39, 0.29) is 6.03 Å². The molecule has 0 saturated heterocycles. The zero-order valence-corrected chi connectivity index (χ0v) is 13.6. The number of rotatable bonds is 7. The Kier molecular flexibility index (Phi) is 6.56. The Hall–Kier alpha value is -2.40. The van der Waals surface area contributed by atoms with E-state index in [1.165, 1.54) is 0 Å². The van der Waals surface area contributed by atoms with Crippen molar-refractivity contribution >= 4 is 23.3 Å². The highest BCUT2D eigenvalue weighted by Crippen LogP contribution is 2.22. The first-order valence-corrected chi connectivity index (χ1v) is 7.72. The average Bonchev–Trinajstić information content (AvgIpc) is 2.55. The van der Waals surface area contributed by atoms with Gasteiger partial charge in [-0.3, -0.25) is 0 Å². The summed E-state index contributed by atoms with van der Waals surface area (Å²) in [7, 11) is 0. The number of anilines is 1. The van der Waals surface area contributed by atoms with Crippen molar-refractivity contribution < 1.29 is 14.3 Å². The number of para-hydroxylation sites is 1. The SMILES string of the molecule is CCOc1ccc(NC(=O)NCCOc2ccccc2Cl)cc1. The number of hydrogen-bond donors (Lipinski definition) is 2. The highest BCUT2D eigenvalue weighted by molar-refractivity contribution is 6.32. The molecule has 6 heteroatoms. The summed E-state index contributed by atoms with van der Waals surface area (Å²) in [4.78, 5) is 11.8. The second-order valence-corrected chi connectivity index (χ2v) is 5.02. The third kappa shape index (κ3) is 5.71. The van der Waals surface area contributed by atoms with E-state index in [0.717, 1.165) is 5.75 Å². The molecular formula is C17H19ClN2O3. The lowest BCUT2D eigenvalue weighted by atomic mass is 10.3. The van der Waals surface area contributed by atoms with Gasteiger partial charge in [-0.2, -0.15) is 0 Å². The van der Waals surface area contributed by atoms with E-state index in [1.807, 2.05) is 19.1 Å². The number of carbonyl (C=O) groups excluding carboxylic acids is 1. The fourth-order valence-corrected chi connectivity index (χ4v) is 2.05. The van der Waals surface area contributed by atoms with Crippen molar-refractivity contribution in [1.29, 1.82) is 0 Å². The lowest BCUT2D eigenvalue weighted by Gasteiger charge is -2.10. The molecule has 2 N–H and O–H groups in total. The van der Waals surface area contributed by atoms with E-state index in [9.17, 15) is 4.79 Å². The number of halogens is 1. The van der Waals surface area contributed by atoms with Gasteiger partial charge in [0.25, 0.3) is 0 Å². The highest BCUT2D eigenvalue weighted by Gasteiger charge is 2.03. The Morgan fingerprint density at radius 1 is 1.09 bits per heavy atom. The Morgan fingerprint density at radius 3 is 2.52 bits per heavy atom. The van der Waals surface area contributed by atoms with Gasteiger partial charge in [0.15, 0.2) is 0 Å².